The van der Waals surface area contributed by atoms with Crippen molar-refractivity contribution < 1.29 is 9.59 Å². The molecule has 2 aliphatic rings. The van der Waals surface area contributed by atoms with Gasteiger partial charge in [0.15, 0.2) is 5.13 Å². The summed E-state index contributed by atoms with van der Waals surface area (Å²) in [5.41, 5.74) is 6.40. The summed E-state index contributed by atoms with van der Waals surface area (Å²) in [6.07, 6.45) is 5.06. The van der Waals surface area contributed by atoms with Gasteiger partial charge in [0.2, 0.25) is 5.91 Å². The van der Waals surface area contributed by atoms with Crippen molar-refractivity contribution in [2.75, 3.05) is 11.9 Å². The van der Waals surface area contributed by atoms with Crippen LogP contribution in [0.2, 0.25) is 0 Å². The van der Waals surface area contributed by atoms with Crippen molar-refractivity contribution >= 4 is 28.3 Å². The van der Waals surface area contributed by atoms with Crippen LogP contribution in [0, 0.1) is 0 Å². The van der Waals surface area contributed by atoms with E-state index >= 15 is 0 Å². The Morgan fingerprint density at radius 1 is 1.07 bits per heavy atom. The molecule has 6 heteroatoms. The summed E-state index contributed by atoms with van der Waals surface area (Å²) in [5, 5.41) is 5.50. The number of benzene rings is 2. The van der Waals surface area contributed by atoms with Gasteiger partial charge in [-0.1, -0.05) is 24.3 Å². The van der Waals surface area contributed by atoms with Crippen LogP contribution in [0.4, 0.5) is 5.13 Å². The number of fused-ring (bicyclic) bond motifs is 1. The maximum Gasteiger partial charge on any atom is 0.257 e. The van der Waals surface area contributed by atoms with Crippen molar-refractivity contribution in [3.8, 4) is 11.3 Å². The minimum Gasteiger partial charge on any atom is -0.338 e. The van der Waals surface area contributed by atoms with Gasteiger partial charge in [0.05, 0.1) is 5.69 Å². The summed E-state index contributed by atoms with van der Waals surface area (Å²) in [6.45, 7) is 1.35. The number of nitrogens with one attached hydrogen (secondary N) is 1. The molecule has 0 unspecified atom stereocenters. The molecular formula is C24H23N3O2S. The van der Waals surface area contributed by atoms with Gasteiger partial charge in [-0.05, 0) is 60.6 Å². The molecule has 0 saturated carbocycles. The third kappa shape index (κ3) is 3.87. The van der Waals surface area contributed by atoms with Crippen molar-refractivity contribution in [2.24, 2.45) is 0 Å². The maximum atomic E-state index is 12.7. The topological polar surface area (TPSA) is 62.3 Å². The first-order valence-corrected chi connectivity index (χ1v) is 11.3. The van der Waals surface area contributed by atoms with Gasteiger partial charge in [0.25, 0.3) is 5.91 Å². The lowest BCUT2D eigenvalue weighted by molar-refractivity contribution is -0.128. The Labute approximate surface area is 179 Å². The molecule has 0 spiro atoms. The number of aromatic nitrogens is 1. The highest BCUT2D eigenvalue weighted by Crippen LogP contribution is 2.30. The Hall–Kier alpha value is -2.99. The quantitative estimate of drug-likeness (QED) is 0.656. The second kappa shape index (κ2) is 8.03. The molecule has 2 amide bonds. The van der Waals surface area contributed by atoms with E-state index in [9.17, 15) is 9.59 Å². The van der Waals surface area contributed by atoms with Gasteiger partial charge < -0.3 is 4.90 Å². The summed E-state index contributed by atoms with van der Waals surface area (Å²) in [4.78, 5) is 31.1. The SMILES string of the molecule is O=C(Nc1nc(-c2ccc3c(c2)CCC3)cs1)c1cccc(CN2CCCC2=O)c1. The zero-order chi connectivity index (χ0) is 20.5. The second-order valence-corrected chi connectivity index (χ2v) is 8.81. The molecule has 1 aliphatic carbocycles. The Bertz CT molecular complexity index is 1120. The van der Waals surface area contributed by atoms with Crippen molar-refractivity contribution in [3.63, 3.8) is 0 Å². The lowest BCUT2D eigenvalue weighted by atomic mass is 10.1. The highest BCUT2D eigenvalue weighted by molar-refractivity contribution is 7.14. The predicted molar refractivity (Wildman–Crippen MR) is 119 cm³/mol. The van der Waals surface area contributed by atoms with Gasteiger partial charge >= 0.3 is 0 Å². The van der Waals surface area contributed by atoms with E-state index in [1.54, 1.807) is 6.07 Å². The van der Waals surface area contributed by atoms with Crippen molar-refractivity contribution in [2.45, 2.75) is 38.6 Å². The van der Waals surface area contributed by atoms with Crippen LogP contribution in [-0.2, 0) is 24.2 Å². The van der Waals surface area contributed by atoms with Crippen LogP contribution in [0.1, 0.15) is 46.3 Å². The van der Waals surface area contributed by atoms with E-state index in [1.165, 1.54) is 35.3 Å². The Morgan fingerprint density at radius 3 is 2.83 bits per heavy atom. The first-order chi connectivity index (χ1) is 14.7. The molecular weight excluding hydrogens is 394 g/mol. The molecule has 152 valence electrons. The fourth-order valence-corrected chi connectivity index (χ4v) is 4.98. The van der Waals surface area contributed by atoms with E-state index in [4.69, 9.17) is 0 Å². The number of likely N-dealkylation sites (tertiary alicyclic amines) is 1. The minimum atomic E-state index is -0.181. The lowest BCUT2D eigenvalue weighted by Crippen LogP contribution is -2.24. The average molecular weight is 418 g/mol. The first kappa shape index (κ1) is 19.0. The largest absolute Gasteiger partial charge is 0.338 e. The van der Waals surface area contributed by atoms with Crippen molar-refractivity contribution in [1.29, 1.82) is 0 Å². The zero-order valence-electron chi connectivity index (χ0n) is 16.7. The number of amides is 2. The maximum absolute atomic E-state index is 12.7. The molecule has 1 N–H and O–H groups in total. The molecule has 2 heterocycles. The lowest BCUT2D eigenvalue weighted by Gasteiger charge is -2.15. The number of hydrogen-bond donors (Lipinski definition) is 1. The van der Waals surface area contributed by atoms with Gasteiger partial charge in [-0.15, -0.1) is 11.3 Å². The third-order valence-corrected chi connectivity index (χ3v) is 6.61. The van der Waals surface area contributed by atoms with E-state index in [0.717, 1.165) is 36.2 Å². The first-order valence-electron chi connectivity index (χ1n) is 10.4. The number of thiazole rings is 1. The molecule has 1 aliphatic heterocycles. The number of aryl methyl sites for hydroxylation is 2. The number of rotatable bonds is 5. The minimum absolute atomic E-state index is 0.181. The van der Waals surface area contributed by atoms with Gasteiger partial charge in [0, 0.05) is 36.0 Å². The summed E-state index contributed by atoms with van der Waals surface area (Å²) in [5.74, 6) is 0.00572. The number of nitrogens with zero attached hydrogens (tertiary/aromatic N) is 2. The number of carbonyl (C=O) groups is 2. The summed E-state index contributed by atoms with van der Waals surface area (Å²) in [6, 6.07) is 14.0. The molecule has 1 saturated heterocycles. The van der Waals surface area contributed by atoms with Gasteiger partial charge in [-0.2, -0.15) is 0 Å². The fraction of sp³-hybridized carbons (Fsp3) is 0.292. The normalized spacial score (nSPS) is 15.5. The standard InChI is InChI=1S/C24H23N3O2S/c28-22-8-3-11-27(22)14-16-4-1-7-20(12-16)23(29)26-24-25-21(15-30-24)19-10-9-17-5-2-6-18(17)13-19/h1,4,7,9-10,12-13,15H,2-3,5-6,8,11,14H2,(H,25,26,29). The number of anilines is 1. The molecule has 0 atom stereocenters. The molecule has 1 fully saturated rings. The average Bonchev–Trinajstić information content (AvgIpc) is 3.49. The van der Waals surface area contributed by atoms with Crippen LogP contribution in [-0.4, -0.2) is 28.2 Å². The second-order valence-electron chi connectivity index (χ2n) is 7.95. The Kier molecular flexibility index (Phi) is 5.09. The Morgan fingerprint density at radius 2 is 1.97 bits per heavy atom. The van der Waals surface area contributed by atoms with Gasteiger partial charge in [-0.3, -0.25) is 14.9 Å². The number of hydrogen-bond acceptors (Lipinski definition) is 4. The zero-order valence-corrected chi connectivity index (χ0v) is 17.5. The summed E-state index contributed by atoms with van der Waals surface area (Å²) >= 11 is 1.44. The highest BCUT2D eigenvalue weighted by atomic mass is 32.1. The van der Waals surface area contributed by atoms with Crippen LogP contribution >= 0.6 is 11.3 Å². The molecule has 5 nitrogen and oxygen atoms in total. The monoisotopic (exact) mass is 417 g/mol. The summed E-state index contributed by atoms with van der Waals surface area (Å²) in [7, 11) is 0. The molecule has 0 bridgehead atoms. The van der Waals surface area contributed by atoms with Gasteiger partial charge in [0.1, 0.15) is 0 Å². The fourth-order valence-electron chi connectivity index (χ4n) is 4.27. The molecule has 1 aromatic heterocycles. The Balaban J connectivity index is 1.28. The highest BCUT2D eigenvalue weighted by Gasteiger charge is 2.20. The molecule has 2 aromatic carbocycles. The molecule has 0 radical (unpaired) electrons. The van der Waals surface area contributed by atoms with E-state index in [-0.39, 0.29) is 11.8 Å². The predicted octanol–water partition coefficient (Wildman–Crippen LogP) is 4.67. The van der Waals surface area contributed by atoms with Gasteiger partial charge in [-0.25, -0.2) is 4.98 Å². The molecule has 3 aromatic rings. The van der Waals surface area contributed by atoms with Crippen molar-refractivity contribution in [3.05, 3.63) is 70.1 Å². The van der Waals surface area contributed by atoms with E-state index in [2.05, 4.69) is 28.5 Å². The van der Waals surface area contributed by atoms with Crippen LogP contribution < -0.4 is 5.32 Å². The molecule has 5 rings (SSSR count). The van der Waals surface area contributed by atoms with E-state index < -0.39 is 0 Å². The van der Waals surface area contributed by atoms with E-state index in [0.29, 0.717) is 23.7 Å². The van der Waals surface area contributed by atoms with E-state index in [1.807, 2.05) is 28.5 Å². The molecule has 30 heavy (non-hydrogen) atoms. The van der Waals surface area contributed by atoms with Crippen LogP contribution in [0.3, 0.4) is 0 Å². The summed E-state index contributed by atoms with van der Waals surface area (Å²) < 4.78 is 0. The van der Waals surface area contributed by atoms with Crippen LogP contribution in [0.25, 0.3) is 11.3 Å². The van der Waals surface area contributed by atoms with Crippen LogP contribution in [0.5, 0.6) is 0 Å². The third-order valence-electron chi connectivity index (χ3n) is 5.85. The number of carbonyl (C=O) groups excluding carboxylic acids is 2. The van der Waals surface area contributed by atoms with Crippen molar-refractivity contribution in [1.82, 2.24) is 9.88 Å². The smallest absolute Gasteiger partial charge is 0.257 e. The van der Waals surface area contributed by atoms with Crippen LogP contribution in [0.15, 0.2) is 47.8 Å².